The summed E-state index contributed by atoms with van der Waals surface area (Å²) in [6.45, 7) is 3.10. The van der Waals surface area contributed by atoms with Gasteiger partial charge < -0.3 is 24.0 Å². The fraction of sp³-hybridized carbons (Fsp3) is 0.233. The molecule has 0 aromatic heterocycles. The third-order valence-corrected chi connectivity index (χ3v) is 6.64. The number of ether oxygens (including phenoxy) is 3. The number of benzene rings is 4. The minimum atomic E-state index is 0.0179. The summed E-state index contributed by atoms with van der Waals surface area (Å²) in [5, 5.41) is 2.29. The first kappa shape index (κ1) is 23.5. The highest BCUT2D eigenvalue weighted by Crippen LogP contribution is 2.29. The number of nitrogens with zero attached hydrogens (tertiary/aromatic N) is 2. The molecule has 6 heteroatoms. The molecule has 5 rings (SSSR count). The lowest BCUT2D eigenvalue weighted by Crippen LogP contribution is -2.48. The van der Waals surface area contributed by atoms with Crippen molar-refractivity contribution in [1.82, 2.24) is 4.90 Å². The second-order valence-electron chi connectivity index (χ2n) is 8.78. The van der Waals surface area contributed by atoms with E-state index < -0.39 is 0 Å². The van der Waals surface area contributed by atoms with Crippen LogP contribution in [-0.2, 0) is 6.61 Å². The largest absolute Gasteiger partial charge is 0.496 e. The maximum atomic E-state index is 13.3. The lowest BCUT2D eigenvalue weighted by molar-refractivity contribution is 0.0746. The van der Waals surface area contributed by atoms with Crippen molar-refractivity contribution in [2.75, 3.05) is 45.3 Å². The first-order chi connectivity index (χ1) is 17.7. The maximum absolute atomic E-state index is 13.3. The molecule has 4 aromatic rings. The molecule has 1 aliphatic heterocycles. The zero-order valence-electron chi connectivity index (χ0n) is 20.6. The number of amides is 1. The van der Waals surface area contributed by atoms with Crippen molar-refractivity contribution in [2.24, 2.45) is 0 Å². The molecule has 0 saturated carbocycles. The Morgan fingerprint density at radius 2 is 1.47 bits per heavy atom. The SMILES string of the molecule is COc1ccc(C(=O)N2CCN(c3ccccc3OC)CC2)cc1COc1ccc2ccccc2c1. The average molecular weight is 483 g/mol. The highest BCUT2D eigenvalue weighted by Gasteiger charge is 2.24. The number of piperazine rings is 1. The second kappa shape index (κ2) is 10.6. The fourth-order valence-electron chi connectivity index (χ4n) is 4.67. The average Bonchev–Trinajstić information content (AvgIpc) is 2.95. The van der Waals surface area contributed by atoms with Crippen LogP contribution >= 0.6 is 0 Å². The van der Waals surface area contributed by atoms with Crippen molar-refractivity contribution in [1.29, 1.82) is 0 Å². The number of fused-ring (bicyclic) bond motifs is 1. The molecule has 1 saturated heterocycles. The van der Waals surface area contributed by atoms with Crippen molar-refractivity contribution in [3.8, 4) is 17.2 Å². The molecule has 1 fully saturated rings. The van der Waals surface area contributed by atoms with Crippen molar-refractivity contribution in [3.05, 3.63) is 96.1 Å². The molecule has 1 heterocycles. The Morgan fingerprint density at radius 1 is 0.750 bits per heavy atom. The Morgan fingerprint density at radius 3 is 2.25 bits per heavy atom. The third kappa shape index (κ3) is 4.93. The second-order valence-corrected chi connectivity index (χ2v) is 8.78. The van der Waals surface area contributed by atoms with Crippen LogP contribution in [0.5, 0.6) is 17.2 Å². The highest BCUT2D eigenvalue weighted by atomic mass is 16.5. The molecular weight excluding hydrogens is 452 g/mol. The Labute approximate surface area is 211 Å². The molecule has 36 heavy (non-hydrogen) atoms. The number of carbonyl (C=O) groups excluding carboxylic acids is 1. The van der Waals surface area contributed by atoms with Crippen molar-refractivity contribution in [3.63, 3.8) is 0 Å². The van der Waals surface area contributed by atoms with Gasteiger partial charge in [-0.3, -0.25) is 4.79 Å². The number of rotatable bonds is 7. The van der Waals surface area contributed by atoms with Gasteiger partial charge in [-0.05, 0) is 53.2 Å². The monoisotopic (exact) mass is 482 g/mol. The van der Waals surface area contributed by atoms with Crippen molar-refractivity contribution in [2.45, 2.75) is 6.61 Å². The number of anilines is 1. The van der Waals surface area contributed by atoms with Crippen LogP contribution in [0, 0.1) is 0 Å². The summed E-state index contributed by atoms with van der Waals surface area (Å²) < 4.78 is 17.1. The Kier molecular flexibility index (Phi) is 6.94. The molecule has 0 atom stereocenters. The van der Waals surface area contributed by atoms with E-state index in [0.717, 1.165) is 41.2 Å². The molecular formula is C30H30N2O4. The molecule has 0 spiro atoms. The Bertz CT molecular complexity index is 1360. The van der Waals surface area contributed by atoms with E-state index in [1.807, 2.05) is 71.6 Å². The Hall–Kier alpha value is -4.19. The van der Waals surface area contributed by atoms with Gasteiger partial charge in [0.1, 0.15) is 23.9 Å². The van der Waals surface area contributed by atoms with Crippen LogP contribution in [0.3, 0.4) is 0 Å². The minimum absolute atomic E-state index is 0.0179. The normalized spacial score (nSPS) is 13.5. The highest BCUT2D eigenvalue weighted by molar-refractivity contribution is 5.95. The van der Waals surface area contributed by atoms with Gasteiger partial charge in [0.25, 0.3) is 5.91 Å². The molecule has 1 aliphatic rings. The summed E-state index contributed by atoms with van der Waals surface area (Å²) in [5.41, 5.74) is 2.53. The van der Waals surface area contributed by atoms with Crippen LogP contribution in [0.4, 0.5) is 5.69 Å². The quantitative estimate of drug-likeness (QED) is 0.353. The summed E-state index contributed by atoms with van der Waals surface area (Å²) in [7, 11) is 3.32. The number of para-hydroxylation sites is 2. The van der Waals surface area contributed by atoms with E-state index in [1.54, 1.807) is 14.2 Å². The standard InChI is InChI=1S/C30H30N2O4/c1-34-28-14-12-24(19-25(28)21-36-26-13-11-22-7-3-4-8-23(22)20-26)30(33)32-17-15-31(16-18-32)27-9-5-6-10-29(27)35-2/h3-14,19-20H,15-18,21H2,1-2H3. The van der Waals surface area contributed by atoms with E-state index in [0.29, 0.717) is 31.0 Å². The van der Waals surface area contributed by atoms with E-state index >= 15 is 0 Å². The number of methoxy groups -OCH3 is 2. The van der Waals surface area contributed by atoms with Crippen LogP contribution in [0.2, 0.25) is 0 Å². The smallest absolute Gasteiger partial charge is 0.253 e. The zero-order valence-corrected chi connectivity index (χ0v) is 20.6. The number of hydrogen-bond donors (Lipinski definition) is 0. The zero-order chi connectivity index (χ0) is 24.9. The number of carbonyl (C=O) groups is 1. The summed E-state index contributed by atoms with van der Waals surface area (Å²) in [4.78, 5) is 17.5. The molecule has 6 nitrogen and oxygen atoms in total. The molecule has 0 unspecified atom stereocenters. The van der Waals surface area contributed by atoms with E-state index in [4.69, 9.17) is 14.2 Å². The van der Waals surface area contributed by atoms with Gasteiger partial charge in [0, 0.05) is 37.3 Å². The summed E-state index contributed by atoms with van der Waals surface area (Å²) in [6, 6.07) is 27.8. The van der Waals surface area contributed by atoms with Crippen molar-refractivity contribution >= 4 is 22.4 Å². The van der Waals surface area contributed by atoms with E-state index in [9.17, 15) is 4.79 Å². The van der Waals surface area contributed by atoms with Crippen LogP contribution in [0.15, 0.2) is 84.9 Å². The van der Waals surface area contributed by atoms with Crippen LogP contribution in [0.1, 0.15) is 15.9 Å². The van der Waals surface area contributed by atoms with E-state index in [-0.39, 0.29) is 5.91 Å². The predicted octanol–water partition coefficient (Wildman–Crippen LogP) is 5.40. The van der Waals surface area contributed by atoms with Gasteiger partial charge in [0.15, 0.2) is 0 Å². The van der Waals surface area contributed by atoms with Gasteiger partial charge in [-0.25, -0.2) is 0 Å². The van der Waals surface area contributed by atoms with Crippen LogP contribution in [-0.4, -0.2) is 51.2 Å². The first-order valence-electron chi connectivity index (χ1n) is 12.1. The lowest BCUT2D eigenvalue weighted by Gasteiger charge is -2.36. The van der Waals surface area contributed by atoms with Crippen LogP contribution < -0.4 is 19.1 Å². The lowest BCUT2D eigenvalue weighted by atomic mass is 10.1. The van der Waals surface area contributed by atoms with E-state index in [2.05, 4.69) is 23.1 Å². The van der Waals surface area contributed by atoms with Gasteiger partial charge in [0.05, 0.1) is 19.9 Å². The maximum Gasteiger partial charge on any atom is 0.253 e. The molecule has 184 valence electrons. The number of hydrogen-bond acceptors (Lipinski definition) is 5. The Balaban J connectivity index is 1.27. The molecule has 0 radical (unpaired) electrons. The van der Waals surface area contributed by atoms with Gasteiger partial charge in [-0.1, -0.05) is 42.5 Å². The van der Waals surface area contributed by atoms with Gasteiger partial charge in [-0.2, -0.15) is 0 Å². The summed E-state index contributed by atoms with van der Waals surface area (Å²) in [5.74, 6) is 2.35. The molecule has 1 amide bonds. The fourth-order valence-corrected chi connectivity index (χ4v) is 4.67. The summed E-state index contributed by atoms with van der Waals surface area (Å²) in [6.07, 6.45) is 0. The third-order valence-electron chi connectivity index (χ3n) is 6.64. The first-order valence-corrected chi connectivity index (χ1v) is 12.1. The molecule has 0 N–H and O–H groups in total. The van der Waals surface area contributed by atoms with Gasteiger partial charge in [0.2, 0.25) is 0 Å². The topological polar surface area (TPSA) is 51.2 Å². The van der Waals surface area contributed by atoms with Gasteiger partial charge in [-0.15, -0.1) is 0 Å². The van der Waals surface area contributed by atoms with E-state index in [1.165, 1.54) is 5.39 Å². The predicted molar refractivity (Wildman–Crippen MR) is 142 cm³/mol. The summed E-state index contributed by atoms with van der Waals surface area (Å²) >= 11 is 0. The molecule has 0 bridgehead atoms. The van der Waals surface area contributed by atoms with Crippen molar-refractivity contribution < 1.29 is 19.0 Å². The molecule has 0 aliphatic carbocycles. The molecule has 4 aromatic carbocycles. The van der Waals surface area contributed by atoms with Gasteiger partial charge >= 0.3 is 0 Å². The van der Waals surface area contributed by atoms with Crippen LogP contribution in [0.25, 0.3) is 10.8 Å². The minimum Gasteiger partial charge on any atom is -0.496 e.